The summed E-state index contributed by atoms with van der Waals surface area (Å²) in [5.74, 6) is 0.140. The molecule has 0 aliphatic carbocycles. The van der Waals surface area contributed by atoms with E-state index < -0.39 is 0 Å². The van der Waals surface area contributed by atoms with E-state index in [1.54, 1.807) is 20.1 Å². The lowest BCUT2D eigenvalue weighted by Crippen LogP contribution is -2.15. The van der Waals surface area contributed by atoms with Crippen LogP contribution in [-0.4, -0.2) is 13.0 Å². The molecule has 2 rings (SSSR count). The van der Waals surface area contributed by atoms with Gasteiger partial charge in [0.1, 0.15) is 11.6 Å². The second kappa shape index (κ2) is 6.72. The van der Waals surface area contributed by atoms with Gasteiger partial charge in [-0.1, -0.05) is 18.2 Å². The maximum absolute atomic E-state index is 13.4. The molecule has 0 aliphatic heterocycles. The van der Waals surface area contributed by atoms with Gasteiger partial charge in [-0.25, -0.2) is 4.39 Å². The van der Waals surface area contributed by atoms with E-state index in [9.17, 15) is 9.18 Å². The highest BCUT2D eigenvalue weighted by Gasteiger charge is 2.11. The van der Waals surface area contributed by atoms with Crippen LogP contribution in [0.5, 0.6) is 5.75 Å². The normalized spacial score (nSPS) is 10.3. The van der Waals surface area contributed by atoms with Crippen molar-refractivity contribution < 1.29 is 13.9 Å². The SMILES string of the molecule is COc1ccccc1CC(=O)Nc1cc(Br)c(F)cc1C. The number of halogens is 2. The van der Waals surface area contributed by atoms with Gasteiger partial charge in [0.25, 0.3) is 0 Å². The van der Waals surface area contributed by atoms with Crippen LogP contribution >= 0.6 is 15.9 Å². The zero-order chi connectivity index (χ0) is 15.4. The summed E-state index contributed by atoms with van der Waals surface area (Å²) in [5.41, 5.74) is 2.06. The minimum atomic E-state index is -0.352. The first kappa shape index (κ1) is 15.5. The van der Waals surface area contributed by atoms with Crippen LogP contribution in [0.2, 0.25) is 0 Å². The van der Waals surface area contributed by atoms with Crippen molar-refractivity contribution in [2.45, 2.75) is 13.3 Å². The molecule has 0 fully saturated rings. The van der Waals surface area contributed by atoms with Gasteiger partial charge in [0.05, 0.1) is 18.0 Å². The predicted molar refractivity (Wildman–Crippen MR) is 84.2 cm³/mol. The summed E-state index contributed by atoms with van der Waals surface area (Å²) in [5, 5.41) is 2.79. The number of benzene rings is 2. The number of hydrogen-bond acceptors (Lipinski definition) is 2. The van der Waals surface area contributed by atoms with Crippen molar-refractivity contribution in [3.05, 3.63) is 57.8 Å². The number of ether oxygens (including phenoxy) is 1. The van der Waals surface area contributed by atoms with Crippen molar-refractivity contribution in [3.63, 3.8) is 0 Å². The molecule has 110 valence electrons. The number of para-hydroxylation sites is 1. The van der Waals surface area contributed by atoms with Gasteiger partial charge in [-0.3, -0.25) is 4.79 Å². The van der Waals surface area contributed by atoms with E-state index in [0.29, 0.717) is 21.5 Å². The molecule has 21 heavy (non-hydrogen) atoms. The van der Waals surface area contributed by atoms with Crippen LogP contribution in [0.15, 0.2) is 40.9 Å². The Bertz CT molecular complexity index is 673. The first-order valence-electron chi connectivity index (χ1n) is 6.38. The zero-order valence-corrected chi connectivity index (χ0v) is 13.3. The molecule has 1 amide bonds. The summed E-state index contributed by atoms with van der Waals surface area (Å²) in [4.78, 5) is 12.1. The number of nitrogens with one attached hydrogen (secondary N) is 1. The van der Waals surface area contributed by atoms with Crippen molar-refractivity contribution in [1.29, 1.82) is 0 Å². The van der Waals surface area contributed by atoms with Crippen LogP contribution in [0.3, 0.4) is 0 Å². The molecule has 0 aromatic heterocycles. The molecular weight excluding hydrogens is 337 g/mol. The number of aryl methyl sites for hydroxylation is 1. The van der Waals surface area contributed by atoms with Crippen LogP contribution in [0.4, 0.5) is 10.1 Å². The molecule has 0 unspecified atom stereocenters. The minimum absolute atomic E-state index is 0.180. The molecule has 0 atom stereocenters. The standard InChI is InChI=1S/C16H15BrFNO2/c1-10-7-13(18)12(17)9-14(10)19-16(20)8-11-5-3-4-6-15(11)21-2/h3-7,9H,8H2,1-2H3,(H,19,20). The van der Waals surface area contributed by atoms with Crippen LogP contribution in [0.25, 0.3) is 0 Å². The number of methoxy groups -OCH3 is 1. The molecule has 0 spiro atoms. The van der Waals surface area contributed by atoms with Crippen LogP contribution in [-0.2, 0) is 11.2 Å². The van der Waals surface area contributed by atoms with Gasteiger partial charge >= 0.3 is 0 Å². The highest BCUT2D eigenvalue weighted by Crippen LogP contribution is 2.25. The minimum Gasteiger partial charge on any atom is -0.496 e. The van der Waals surface area contributed by atoms with Gasteiger partial charge in [-0.15, -0.1) is 0 Å². The third-order valence-electron chi connectivity index (χ3n) is 3.08. The molecule has 2 aromatic rings. The number of hydrogen-bond donors (Lipinski definition) is 1. The van der Waals surface area contributed by atoms with Crippen LogP contribution in [0.1, 0.15) is 11.1 Å². The van der Waals surface area contributed by atoms with E-state index in [2.05, 4.69) is 21.2 Å². The van der Waals surface area contributed by atoms with Crippen molar-refractivity contribution >= 4 is 27.5 Å². The van der Waals surface area contributed by atoms with Gasteiger partial charge < -0.3 is 10.1 Å². The molecule has 2 aromatic carbocycles. The molecule has 0 bridgehead atoms. The second-order valence-corrected chi connectivity index (χ2v) is 5.47. The molecule has 0 heterocycles. The Morgan fingerprint density at radius 2 is 2.05 bits per heavy atom. The maximum atomic E-state index is 13.4. The smallest absolute Gasteiger partial charge is 0.228 e. The highest BCUT2D eigenvalue weighted by molar-refractivity contribution is 9.10. The first-order chi connectivity index (χ1) is 10.0. The summed E-state index contributed by atoms with van der Waals surface area (Å²) < 4.78 is 18.9. The van der Waals surface area contributed by atoms with Crippen LogP contribution < -0.4 is 10.1 Å². The first-order valence-corrected chi connectivity index (χ1v) is 7.18. The monoisotopic (exact) mass is 351 g/mol. The van der Waals surface area contributed by atoms with E-state index in [-0.39, 0.29) is 18.1 Å². The number of rotatable bonds is 4. The Hall–Kier alpha value is -1.88. The summed E-state index contributed by atoms with van der Waals surface area (Å²) in [6.07, 6.45) is 0.193. The number of carbonyl (C=O) groups is 1. The number of carbonyl (C=O) groups excluding carboxylic acids is 1. The van der Waals surface area contributed by atoms with Crippen molar-refractivity contribution in [2.24, 2.45) is 0 Å². The van der Waals surface area contributed by atoms with Crippen LogP contribution in [0, 0.1) is 12.7 Å². The molecule has 0 radical (unpaired) electrons. The van der Waals surface area contributed by atoms with Gasteiger partial charge in [0.15, 0.2) is 0 Å². The predicted octanol–water partition coefficient (Wildman–Crippen LogP) is 4.09. The topological polar surface area (TPSA) is 38.3 Å². The average Bonchev–Trinajstić information content (AvgIpc) is 2.45. The van der Waals surface area contributed by atoms with Crippen molar-refractivity contribution in [2.75, 3.05) is 12.4 Å². The fourth-order valence-electron chi connectivity index (χ4n) is 2.00. The second-order valence-electron chi connectivity index (χ2n) is 4.62. The summed E-state index contributed by atoms with van der Waals surface area (Å²) in [6, 6.07) is 10.3. The fourth-order valence-corrected chi connectivity index (χ4v) is 2.34. The van der Waals surface area contributed by atoms with E-state index in [4.69, 9.17) is 4.74 Å². The molecule has 5 heteroatoms. The van der Waals surface area contributed by atoms with Crippen molar-refractivity contribution in [1.82, 2.24) is 0 Å². The van der Waals surface area contributed by atoms with Gasteiger partial charge in [-0.2, -0.15) is 0 Å². The summed E-state index contributed by atoms with van der Waals surface area (Å²) >= 11 is 3.11. The lowest BCUT2D eigenvalue weighted by Gasteiger charge is -2.11. The number of amides is 1. The van der Waals surface area contributed by atoms with E-state index in [1.807, 2.05) is 24.3 Å². The average molecular weight is 352 g/mol. The third kappa shape index (κ3) is 3.82. The lowest BCUT2D eigenvalue weighted by molar-refractivity contribution is -0.115. The lowest BCUT2D eigenvalue weighted by atomic mass is 10.1. The maximum Gasteiger partial charge on any atom is 0.228 e. The Kier molecular flexibility index (Phi) is 4.96. The molecular formula is C16H15BrFNO2. The van der Waals surface area contributed by atoms with Gasteiger partial charge in [0, 0.05) is 11.3 Å². The van der Waals surface area contributed by atoms with E-state index in [0.717, 1.165) is 5.56 Å². The molecule has 0 saturated carbocycles. The molecule has 3 nitrogen and oxygen atoms in total. The fraction of sp³-hybridized carbons (Fsp3) is 0.188. The molecule has 1 N–H and O–H groups in total. The number of anilines is 1. The largest absolute Gasteiger partial charge is 0.496 e. The Morgan fingerprint density at radius 1 is 1.33 bits per heavy atom. The Labute approximate surface area is 131 Å². The van der Waals surface area contributed by atoms with E-state index >= 15 is 0 Å². The Morgan fingerprint density at radius 3 is 2.76 bits per heavy atom. The molecule has 0 saturated heterocycles. The van der Waals surface area contributed by atoms with Crippen molar-refractivity contribution in [3.8, 4) is 5.75 Å². The zero-order valence-electron chi connectivity index (χ0n) is 11.7. The quantitative estimate of drug-likeness (QED) is 0.900. The molecule has 0 aliphatic rings. The Balaban J connectivity index is 2.14. The van der Waals surface area contributed by atoms with Gasteiger partial charge in [-0.05, 0) is 46.6 Å². The highest BCUT2D eigenvalue weighted by atomic mass is 79.9. The third-order valence-corrected chi connectivity index (χ3v) is 3.69. The summed E-state index contributed by atoms with van der Waals surface area (Å²) in [7, 11) is 1.57. The summed E-state index contributed by atoms with van der Waals surface area (Å²) in [6.45, 7) is 1.74. The van der Waals surface area contributed by atoms with E-state index in [1.165, 1.54) is 6.07 Å². The van der Waals surface area contributed by atoms with Gasteiger partial charge in [0.2, 0.25) is 5.91 Å².